The van der Waals surface area contributed by atoms with Crippen LogP contribution in [0.15, 0.2) is 36.5 Å². The fourth-order valence-corrected chi connectivity index (χ4v) is 1.58. The van der Waals surface area contributed by atoms with Crippen molar-refractivity contribution in [3.05, 3.63) is 42.1 Å². The van der Waals surface area contributed by atoms with E-state index in [4.69, 9.17) is 5.73 Å². The fourth-order valence-electron chi connectivity index (χ4n) is 1.58. The van der Waals surface area contributed by atoms with Crippen molar-refractivity contribution in [2.45, 2.75) is 13.0 Å². The lowest BCUT2D eigenvalue weighted by Crippen LogP contribution is -2.38. The van der Waals surface area contributed by atoms with Gasteiger partial charge in [-0.1, -0.05) is 30.0 Å². The van der Waals surface area contributed by atoms with E-state index in [1.54, 1.807) is 13.1 Å². The maximum absolute atomic E-state index is 10.7. The average molecular weight is 255 g/mol. The molecule has 1 heterocycles. The van der Waals surface area contributed by atoms with Gasteiger partial charge >= 0.3 is 6.03 Å². The molecule has 2 rings (SSSR count). The van der Waals surface area contributed by atoms with Gasteiger partial charge in [-0.3, -0.25) is 10.2 Å². The van der Waals surface area contributed by atoms with Gasteiger partial charge in [0.15, 0.2) is 0 Å². The monoisotopic (exact) mass is 255 g/mol. The molecule has 3 N–H and O–H groups in total. The van der Waals surface area contributed by atoms with Crippen LogP contribution in [0.3, 0.4) is 0 Å². The molecule has 5 nitrogen and oxygen atoms in total. The third kappa shape index (κ3) is 3.00. The van der Waals surface area contributed by atoms with Gasteiger partial charge in [-0.15, -0.1) is 0 Å². The summed E-state index contributed by atoms with van der Waals surface area (Å²) in [6.07, 6.45) is 1.65. The zero-order chi connectivity index (χ0) is 13.8. The van der Waals surface area contributed by atoms with Crippen molar-refractivity contribution in [2.24, 2.45) is 5.73 Å². The lowest BCUT2D eigenvalue weighted by Gasteiger charge is -2.14. The molecule has 0 aliphatic carbocycles. The van der Waals surface area contributed by atoms with Crippen LogP contribution in [0.1, 0.15) is 12.5 Å². The van der Waals surface area contributed by atoms with Crippen molar-refractivity contribution >= 4 is 16.9 Å². The van der Waals surface area contributed by atoms with Gasteiger partial charge in [0.05, 0.1) is 5.52 Å². The molecule has 0 saturated heterocycles. The van der Waals surface area contributed by atoms with Crippen LogP contribution in [0.2, 0.25) is 0 Å². The minimum atomic E-state index is -0.932. The molecule has 0 fully saturated rings. The molecule has 1 unspecified atom stereocenters. The number of carbonyl (C=O) groups excluding carboxylic acids is 1. The molecule has 0 aliphatic rings. The van der Waals surface area contributed by atoms with E-state index in [2.05, 4.69) is 16.8 Å². The zero-order valence-electron chi connectivity index (χ0n) is 10.4. The van der Waals surface area contributed by atoms with Crippen LogP contribution in [0.4, 0.5) is 4.79 Å². The number of amides is 2. The summed E-state index contributed by atoms with van der Waals surface area (Å²) in [5.74, 6) is 5.58. The number of rotatable bonds is 1. The van der Waals surface area contributed by atoms with Gasteiger partial charge in [-0.2, -0.15) is 5.06 Å². The number of nitrogens with zero attached hydrogens (tertiary/aromatic N) is 2. The number of carbonyl (C=O) groups is 1. The Morgan fingerprint density at radius 2 is 2.21 bits per heavy atom. The number of hydrogen-bond acceptors (Lipinski definition) is 3. The Morgan fingerprint density at radius 3 is 2.95 bits per heavy atom. The molecule has 1 atom stereocenters. The topological polar surface area (TPSA) is 79.4 Å². The van der Waals surface area contributed by atoms with E-state index < -0.39 is 12.1 Å². The molecule has 2 aromatic rings. The molecule has 5 heteroatoms. The number of para-hydroxylation sites is 1. The molecule has 0 saturated carbocycles. The van der Waals surface area contributed by atoms with Crippen LogP contribution in [0.25, 0.3) is 10.9 Å². The lowest BCUT2D eigenvalue weighted by molar-refractivity contribution is -0.0536. The minimum Gasteiger partial charge on any atom is -0.350 e. The van der Waals surface area contributed by atoms with Crippen molar-refractivity contribution < 1.29 is 10.0 Å². The predicted octanol–water partition coefficient (Wildman–Crippen LogP) is 1.74. The second-order valence-electron chi connectivity index (χ2n) is 4.04. The van der Waals surface area contributed by atoms with Crippen LogP contribution in [0.5, 0.6) is 0 Å². The third-order valence-corrected chi connectivity index (χ3v) is 2.61. The Hall–Kier alpha value is -2.58. The molecule has 1 aromatic carbocycles. The Labute approximate surface area is 110 Å². The number of fused-ring (bicyclic) bond motifs is 1. The van der Waals surface area contributed by atoms with Crippen LogP contribution in [-0.2, 0) is 0 Å². The van der Waals surface area contributed by atoms with Crippen molar-refractivity contribution in [3.8, 4) is 11.8 Å². The van der Waals surface area contributed by atoms with Crippen LogP contribution >= 0.6 is 0 Å². The molecular formula is C14H13N3O2. The van der Waals surface area contributed by atoms with Crippen molar-refractivity contribution in [1.29, 1.82) is 0 Å². The second kappa shape index (κ2) is 5.38. The summed E-state index contributed by atoms with van der Waals surface area (Å²) in [4.78, 5) is 15.0. The van der Waals surface area contributed by atoms with E-state index in [-0.39, 0.29) is 0 Å². The van der Waals surface area contributed by atoms with E-state index in [9.17, 15) is 10.0 Å². The molecule has 2 amide bonds. The highest BCUT2D eigenvalue weighted by molar-refractivity contribution is 5.79. The summed E-state index contributed by atoms with van der Waals surface area (Å²) in [6, 6.07) is 7.98. The predicted molar refractivity (Wildman–Crippen MR) is 71.3 cm³/mol. The molecular weight excluding hydrogens is 242 g/mol. The molecule has 96 valence electrons. The molecule has 0 aliphatic heterocycles. The van der Waals surface area contributed by atoms with Crippen molar-refractivity contribution in [3.63, 3.8) is 0 Å². The Balaban J connectivity index is 2.24. The van der Waals surface area contributed by atoms with E-state index in [0.717, 1.165) is 10.9 Å². The van der Waals surface area contributed by atoms with Crippen LogP contribution in [-0.4, -0.2) is 27.3 Å². The first-order valence-corrected chi connectivity index (χ1v) is 5.72. The quantitative estimate of drug-likeness (QED) is 0.463. The van der Waals surface area contributed by atoms with Gasteiger partial charge in [-0.25, -0.2) is 4.79 Å². The molecule has 0 bridgehead atoms. The molecule has 0 spiro atoms. The van der Waals surface area contributed by atoms with E-state index in [1.807, 2.05) is 30.3 Å². The van der Waals surface area contributed by atoms with E-state index in [1.165, 1.54) is 0 Å². The summed E-state index contributed by atoms with van der Waals surface area (Å²) in [6.45, 7) is 1.58. The standard InChI is InChI=1S/C14H13N3O2/c1-10(17(19)14(15)18)6-7-11-8-12-4-2-3-5-13(12)16-9-11/h2-5,8-10,19H,1H3,(H2,15,18). The highest BCUT2D eigenvalue weighted by Gasteiger charge is 2.11. The van der Waals surface area contributed by atoms with Gasteiger partial charge in [0, 0.05) is 17.1 Å². The number of nitrogens with two attached hydrogens (primary N) is 1. The van der Waals surface area contributed by atoms with Gasteiger partial charge in [-0.05, 0) is 19.1 Å². The number of primary amides is 1. The van der Waals surface area contributed by atoms with Crippen molar-refractivity contribution in [1.82, 2.24) is 10.0 Å². The molecule has 19 heavy (non-hydrogen) atoms. The summed E-state index contributed by atoms with van der Waals surface area (Å²) < 4.78 is 0. The fraction of sp³-hybridized carbons (Fsp3) is 0.143. The SMILES string of the molecule is CC(C#Cc1cnc2ccccc2c1)N(O)C(N)=O. The van der Waals surface area contributed by atoms with Crippen molar-refractivity contribution in [2.75, 3.05) is 0 Å². The van der Waals surface area contributed by atoms with Gasteiger partial charge in [0.1, 0.15) is 6.04 Å². The highest BCUT2D eigenvalue weighted by atomic mass is 16.5. The first-order chi connectivity index (χ1) is 9.08. The van der Waals surface area contributed by atoms with Crippen LogP contribution in [0, 0.1) is 11.8 Å². The molecule has 0 radical (unpaired) electrons. The van der Waals surface area contributed by atoms with Gasteiger partial charge in [0.2, 0.25) is 0 Å². The Morgan fingerprint density at radius 1 is 1.47 bits per heavy atom. The Bertz CT molecular complexity index is 673. The van der Waals surface area contributed by atoms with E-state index >= 15 is 0 Å². The van der Waals surface area contributed by atoms with E-state index in [0.29, 0.717) is 10.6 Å². The summed E-state index contributed by atoms with van der Waals surface area (Å²) in [5.41, 5.74) is 6.54. The third-order valence-electron chi connectivity index (χ3n) is 2.61. The lowest BCUT2D eigenvalue weighted by atomic mass is 10.1. The number of aromatic nitrogens is 1. The number of benzene rings is 1. The number of hydrogen-bond donors (Lipinski definition) is 2. The smallest absolute Gasteiger partial charge is 0.339 e. The summed E-state index contributed by atoms with van der Waals surface area (Å²) in [7, 11) is 0. The summed E-state index contributed by atoms with van der Waals surface area (Å²) in [5, 5.41) is 10.7. The normalized spacial score (nSPS) is 11.5. The van der Waals surface area contributed by atoms with Gasteiger partial charge in [0.25, 0.3) is 0 Å². The van der Waals surface area contributed by atoms with Gasteiger partial charge < -0.3 is 5.73 Å². The minimum absolute atomic E-state index is 0.390. The number of hydroxylamine groups is 2. The summed E-state index contributed by atoms with van der Waals surface area (Å²) >= 11 is 0. The first kappa shape index (κ1) is 12.9. The average Bonchev–Trinajstić information content (AvgIpc) is 2.43. The van der Waals surface area contributed by atoms with Crippen LogP contribution < -0.4 is 5.73 Å². The zero-order valence-corrected chi connectivity index (χ0v) is 10.4. The maximum atomic E-state index is 10.7. The number of pyridine rings is 1. The maximum Gasteiger partial charge on any atom is 0.339 e. The largest absolute Gasteiger partial charge is 0.350 e. The highest BCUT2D eigenvalue weighted by Crippen LogP contribution is 2.11. The first-order valence-electron chi connectivity index (χ1n) is 5.72. The second-order valence-corrected chi connectivity index (χ2v) is 4.04. The molecule has 1 aromatic heterocycles. The Kier molecular flexibility index (Phi) is 3.64. The number of urea groups is 1.